The molecule has 228 valence electrons. The van der Waals surface area contributed by atoms with Crippen LogP contribution in [0, 0.1) is 6.92 Å². The number of hydrogen-bond acceptors (Lipinski definition) is 6. The van der Waals surface area contributed by atoms with Crippen LogP contribution in [0.25, 0.3) is 0 Å². The lowest BCUT2D eigenvalue weighted by Gasteiger charge is -2.44. The molecule has 1 aliphatic carbocycles. The van der Waals surface area contributed by atoms with Gasteiger partial charge in [0.25, 0.3) is 0 Å². The third-order valence-electron chi connectivity index (χ3n) is 7.80. The summed E-state index contributed by atoms with van der Waals surface area (Å²) in [5.41, 5.74) is 1.51. The van der Waals surface area contributed by atoms with E-state index in [2.05, 4.69) is 23.8 Å². The third-order valence-corrected chi connectivity index (χ3v) is 7.80. The van der Waals surface area contributed by atoms with Crippen molar-refractivity contribution in [3.8, 4) is 0 Å². The van der Waals surface area contributed by atoms with Crippen LogP contribution in [0.4, 0.5) is 4.39 Å². The van der Waals surface area contributed by atoms with Gasteiger partial charge in [0.2, 0.25) is 0 Å². The first-order valence-corrected chi connectivity index (χ1v) is 15.2. The first-order valence-electron chi connectivity index (χ1n) is 15.2. The Balaban J connectivity index is 0.00000226. The van der Waals surface area contributed by atoms with Gasteiger partial charge in [-0.05, 0) is 45.1 Å². The fourth-order valence-electron chi connectivity index (χ4n) is 5.64. The predicted octanol–water partition coefficient (Wildman–Crippen LogP) is 5.18. The SMILES string of the molecule is CC.CCC1CC(OCC2=C(F)CCC=C2)CC(C)N1CC(O)Cn1nc(C)n(CCOCc2ccccc2)c1=O. The molecule has 1 aromatic carbocycles. The first-order chi connectivity index (χ1) is 19.9. The Labute approximate surface area is 244 Å². The van der Waals surface area contributed by atoms with Crippen molar-refractivity contribution in [1.29, 1.82) is 0 Å². The fourth-order valence-corrected chi connectivity index (χ4v) is 5.64. The number of hydrogen-bond donors (Lipinski definition) is 1. The Morgan fingerprint density at radius 2 is 1.90 bits per heavy atom. The predicted molar refractivity (Wildman–Crippen MR) is 160 cm³/mol. The summed E-state index contributed by atoms with van der Waals surface area (Å²) in [7, 11) is 0. The summed E-state index contributed by atoms with van der Waals surface area (Å²) in [5.74, 6) is 0.540. The summed E-state index contributed by atoms with van der Waals surface area (Å²) in [6, 6.07) is 10.4. The zero-order valence-corrected chi connectivity index (χ0v) is 25.5. The molecule has 1 N–H and O–H groups in total. The van der Waals surface area contributed by atoms with Crippen LogP contribution in [0.15, 0.2) is 58.7 Å². The van der Waals surface area contributed by atoms with E-state index in [0.29, 0.717) is 50.7 Å². The van der Waals surface area contributed by atoms with Crippen molar-refractivity contribution in [2.75, 3.05) is 19.8 Å². The first kappa shape index (κ1) is 32.9. The number of halogens is 1. The Kier molecular flexibility index (Phi) is 13.5. The largest absolute Gasteiger partial charge is 0.390 e. The highest BCUT2D eigenvalue weighted by atomic mass is 19.1. The van der Waals surface area contributed by atoms with Gasteiger partial charge in [-0.15, -0.1) is 0 Å². The Morgan fingerprint density at radius 3 is 2.61 bits per heavy atom. The van der Waals surface area contributed by atoms with Gasteiger partial charge in [0, 0.05) is 30.6 Å². The summed E-state index contributed by atoms with van der Waals surface area (Å²) in [6.45, 7) is 12.3. The second kappa shape index (κ2) is 16.8. The highest BCUT2D eigenvalue weighted by Crippen LogP contribution is 2.29. The van der Waals surface area contributed by atoms with Crippen molar-refractivity contribution in [3.05, 3.63) is 75.8 Å². The molecule has 2 aliphatic rings. The van der Waals surface area contributed by atoms with Crippen LogP contribution in [0.5, 0.6) is 0 Å². The Morgan fingerprint density at radius 1 is 1.15 bits per heavy atom. The maximum atomic E-state index is 14.1. The average molecular weight is 573 g/mol. The smallest absolute Gasteiger partial charge is 0.346 e. The second-order valence-electron chi connectivity index (χ2n) is 10.7. The Bertz CT molecular complexity index is 1180. The fraction of sp³-hybridized carbons (Fsp3) is 0.625. The number of aliphatic hydroxyl groups excluding tert-OH is 1. The van der Waals surface area contributed by atoms with Gasteiger partial charge in [-0.25, -0.2) is 13.9 Å². The zero-order chi connectivity index (χ0) is 29.8. The summed E-state index contributed by atoms with van der Waals surface area (Å²) >= 11 is 0. The van der Waals surface area contributed by atoms with E-state index in [-0.39, 0.29) is 36.2 Å². The molecule has 1 aliphatic heterocycles. The summed E-state index contributed by atoms with van der Waals surface area (Å²) < 4.78 is 28.9. The topological polar surface area (TPSA) is 81.8 Å². The molecule has 2 heterocycles. The Hall–Kier alpha value is -2.59. The molecule has 8 nitrogen and oxygen atoms in total. The number of aryl methyl sites for hydroxylation is 1. The van der Waals surface area contributed by atoms with Crippen molar-refractivity contribution in [3.63, 3.8) is 0 Å². The molecule has 4 rings (SSSR count). The van der Waals surface area contributed by atoms with E-state index >= 15 is 0 Å². The minimum absolute atomic E-state index is 0.0547. The van der Waals surface area contributed by atoms with Gasteiger partial charge >= 0.3 is 5.69 Å². The van der Waals surface area contributed by atoms with Crippen LogP contribution in [0.1, 0.15) is 71.2 Å². The number of allylic oxidation sites excluding steroid dienone is 2. The maximum absolute atomic E-state index is 14.1. The number of piperidine rings is 1. The van der Waals surface area contributed by atoms with E-state index in [0.717, 1.165) is 31.2 Å². The molecular weight excluding hydrogens is 523 g/mol. The molecule has 2 aromatic rings. The summed E-state index contributed by atoms with van der Waals surface area (Å²) in [5, 5.41) is 15.4. The number of benzene rings is 1. The second-order valence-corrected chi connectivity index (χ2v) is 10.7. The van der Waals surface area contributed by atoms with Crippen LogP contribution in [-0.2, 0) is 29.2 Å². The quantitative estimate of drug-likeness (QED) is 0.333. The van der Waals surface area contributed by atoms with Gasteiger partial charge < -0.3 is 14.6 Å². The van der Waals surface area contributed by atoms with Crippen LogP contribution in [-0.4, -0.2) is 68.4 Å². The van der Waals surface area contributed by atoms with Crippen LogP contribution in [0.3, 0.4) is 0 Å². The molecule has 1 aromatic heterocycles. The highest BCUT2D eigenvalue weighted by molar-refractivity contribution is 5.26. The summed E-state index contributed by atoms with van der Waals surface area (Å²) in [4.78, 5) is 15.3. The number of ether oxygens (including phenoxy) is 2. The highest BCUT2D eigenvalue weighted by Gasteiger charge is 2.34. The standard InChI is InChI=1S/C30H43FN4O4.C2H6/c1-4-26-17-28(39-21-25-12-8-9-13-29(25)31)16-22(2)34(26)18-27(36)19-35-30(37)33(23(3)32-35)14-15-38-20-24-10-6-5-7-11-24;1-2/h5-8,10-12,22,26-28,36H,4,9,13-21H2,1-3H3;1-2H3. The molecule has 1 saturated heterocycles. The number of nitrogens with zero attached hydrogens (tertiary/aromatic N) is 4. The number of likely N-dealkylation sites (tertiary alicyclic amines) is 1. The van der Waals surface area contributed by atoms with Gasteiger partial charge in [-0.3, -0.25) is 9.47 Å². The monoisotopic (exact) mass is 572 g/mol. The van der Waals surface area contributed by atoms with E-state index in [1.807, 2.05) is 56.3 Å². The van der Waals surface area contributed by atoms with Gasteiger partial charge in [0.15, 0.2) is 0 Å². The van der Waals surface area contributed by atoms with E-state index in [9.17, 15) is 14.3 Å². The molecule has 41 heavy (non-hydrogen) atoms. The van der Waals surface area contributed by atoms with Crippen LogP contribution >= 0.6 is 0 Å². The molecule has 4 unspecified atom stereocenters. The van der Waals surface area contributed by atoms with Crippen molar-refractivity contribution < 1.29 is 19.0 Å². The van der Waals surface area contributed by atoms with E-state index in [4.69, 9.17) is 9.47 Å². The molecule has 0 radical (unpaired) electrons. The van der Waals surface area contributed by atoms with Crippen molar-refractivity contribution >= 4 is 0 Å². The summed E-state index contributed by atoms with van der Waals surface area (Å²) in [6.07, 6.45) is 6.95. The molecule has 0 spiro atoms. The van der Waals surface area contributed by atoms with Gasteiger partial charge in [-0.2, -0.15) is 5.10 Å². The van der Waals surface area contributed by atoms with E-state index in [1.54, 1.807) is 11.5 Å². The molecule has 1 fully saturated rings. The van der Waals surface area contributed by atoms with Crippen LogP contribution < -0.4 is 5.69 Å². The molecule has 0 amide bonds. The zero-order valence-electron chi connectivity index (χ0n) is 25.5. The molecule has 0 saturated carbocycles. The molecule has 4 atom stereocenters. The minimum atomic E-state index is -0.736. The molecular formula is C32H49FN4O4. The lowest BCUT2D eigenvalue weighted by Crippen LogP contribution is -2.53. The average Bonchev–Trinajstić information content (AvgIpc) is 3.24. The van der Waals surface area contributed by atoms with Crippen molar-refractivity contribution in [2.45, 2.75) is 111 Å². The van der Waals surface area contributed by atoms with Gasteiger partial charge in [0.05, 0.1) is 45.1 Å². The number of aromatic nitrogens is 3. The van der Waals surface area contributed by atoms with Crippen molar-refractivity contribution in [1.82, 2.24) is 19.2 Å². The molecule has 9 heteroatoms. The van der Waals surface area contributed by atoms with Gasteiger partial charge in [-0.1, -0.05) is 63.3 Å². The van der Waals surface area contributed by atoms with Gasteiger partial charge in [0.1, 0.15) is 11.7 Å². The number of rotatable bonds is 13. The number of β-amino-alcohol motifs (C(OH)–C–C–N with tert-alkyl or cyclic N) is 1. The normalized spacial score (nSPS) is 22.0. The number of aliphatic hydroxyl groups is 1. The minimum Gasteiger partial charge on any atom is -0.390 e. The lowest BCUT2D eigenvalue weighted by atomic mass is 9.91. The van der Waals surface area contributed by atoms with Crippen molar-refractivity contribution in [2.24, 2.45) is 0 Å². The lowest BCUT2D eigenvalue weighted by molar-refractivity contribution is -0.0473. The molecule has 0 bridgehead atoms. The third kappa shape index (κ3) is 9.46. The van der Waals surface area contributed by atoms with Crippen LogP contribution in [0.2, 0.25) is 0 Å². The van der Waals surface area contributed by atoms with E-state index in [1.165, 1.54) is 4.68 Å². The van der Waals surface area contributed by atoms with E-state index < -0.39 is 6.10 Å². The maximum Gasteiger partial charge on any atom is 0.346 e.